The van der Waals surface area contributed by atoms with Gasteiger partial charge in [0.05, 0.1) is 26.6 Å². The monoisotopic (exact) mass is 552 g/mol. The fourth-order valence-electron chi connectivity index (χ4n) is 4.12. The van der Waals surface area contributed by atoms with Crippen molar-refractivity contribution >= 4 is 84.9 Å². The predicted molar refractivity (Wildman–Crippen MR) is 156 cm³/mol. The van der Waals surface area contributed by atoms with Crippen LogP contribution in [0.3, 0.4) is 0 Å². The molecule has 0 radical (unpaired) electrons. The standard InChI is InChI=1S/C28H26Cl2N4O2S/c1-3-5-11-34(12-6-4-2)19-9-7-17-13-18(28(35)36-24(17)14-19)8-10-25-33-26-27(37-25)32-23-16-21(30)20(29)15-22(23)31-26/h7-10,13-16H,3-6,11-12H2,1-2H3/b10-8+. The fourth-order valence-corrected chi connectivity index (χ4v) is 5.23. The second-order valence-electron chi connectivity index (χ2n) is 8.90. The molecule has 5 rings (SSSR count). The summed E-state index contributed by atoms with van der Waals surface area (Å²) in [4.78, 5) is 29.5. The van der Waals surface area contributed by atoms with Gasteiger partial charge in [0, 0.05) is 30.2 Å². The molecule has 6 nitrogen and oxygen atoms in total. The third kappa shape index (κ3) is 5.64. The topological polar surface area (TPSA) is 72.1 Å². The minimum atomic E-state index is -0.387. The highest BCUT2D eigenvalue weighted by atomic mass is 35.5. The summed E-state index contributed by atoms with van der Waals surface area (Å²) in [7, 11) is 0. The second kappa shape index (κ2) is 11.2. The first-order valence-electron chi connectivity index (χ1n) is 12.4. The molecule has 0 N–H and O–H groups in total. The minimum absolute atomic E-state index is 0.387. The van der Waals surface area contributed by atoms with Crippen LogP contribution in [0.2, 0.25) is 10.0 Å². The first-order chi connectivity index (χ1) is 17.9. The SMILES string of the molecule is CCCCN(CCCC)c1ccc2cc(/C=C/c3nc4nc5cc(Cl)c(Cl)cc5nc4s3)c(=O)oc2c1. The van der Waals surface area contributed by atoms with Gasteiger partial charge in [0.25, 0.3) is 0 Å². The summed E-state index contributed by atoms with van der Waals surface area (Å²) in [6.07, 6.45) is 8.04. The highest BCUT2D eigenvalue weighted by molar-refractivity contribution is 7.18. The number of halogens is 2. The van der Waals surface area contributed by atoms with Gasteiger partial charge in [0.15, 0.2) is 10.5 Å². The summed E-state index contributed by atoms with van der Waals surface area (Å²) in [5, 5.41) is 2.40. The number of unbranched alkanes of at least 4 members (excludes halogenated alkanes) is 2. The van der Waals surface area contributed by atoms with Gasteiger partial charge in [-0.3, -0.25) is 0 Å². The number of nitrogens with zero attached hydrogens (tertiary/aromatic N) is 4. The van der Waals surface area contributed by atoms with Gasteiger partial charge in [0.1, 0.15) is 10.6 Å². The van der Waals surface area contributed by atoms with Gasteiger partial charge in [-0.15, -0.1) is 0 Å². The van der Waals surface area contributed by atoms with E-state index in [0.29, 0.717) is 47.7 Å². The number of hydrogen-bond acceptors (Lipinski definition) is 7. The van der Waals surface area contributed by atoms with Gasteiger partial charge >= 0.3 is 5.63 Å². The molecule has 0 aliphatic carbocycles. The van der Waals surface area contributed by atoms with Crippen LogP contribution >= 0.6 is 34.5 Å². The number of aromatic nitrogens is 3. The van der Waals surface area contributed by atoms with E-state index in [1.54, 1.807) is 24.3 Å². The molecule has 190 valence electrons. The molecule has 0 saturated heterocycles. The quantitative estimate of drug-likeness (QED) is 0.171. The van der Waals surface area contributed by atoms with E-state index in [4.69, 9.17) is 27.6 Å². The van der Waals surface area contributed by atoms with E-state index in [1.807, 2.05) is 18.2 Å². The molecule has 0 saturated carbocycles. The number of anilines is 1. The molecule has 3 aromatic heterocycles. The van der Waals surface area contributed by atoms with Gasteiger partial charge in [0.2, 0.25) is 0 Å². The van der Waals surface area contributed by atoms with E-state index in [-0.39, 0.29) is 5.63 Å². The Labute approximate surface area is 228 Å². The van der Waals surface area contributed by atoms with Crippen molar-refractivity contribution in [3.05, 3.63) is 67.4 Å². The van der Waals surface area contributed by atoms with Gasteiger partial charge < -0.3 is 9.32 Å². The number of thiazole rings is 1. The maximum atomic E-state index is 12.8. The normalized spacial score (nSPS) is 11.9. The van der Waals surface area contributed by atoms with E-state index in [9.17, 15) is 4.79 Å². The first kappa shape index (κ1) is 25.6. The summed E-state index contributed by atoms with van der Waals surface area (Å²) in [6.45, 7) is 6.38. The Hall–Kier alpha value is -3.00. The maximum Gasteiger partial charge on any atom is 0.343 e. The lowest BCUT2D eigenvalue weighted by atomic mass is 10.1. The third-order valence-corrected chi connectivity index (χ3v) is 7.78. The number of benzene rings is 2. The molecule has 0 fully saturated rings. The summed E-state index contributed by atoms with van der Waals surface area (Å²) >= 11 is 13.6. The van der Waals surface area contributed by atoms with Crippen molar-refractivity contribution in [2.45, 2.75) is 39.5 Å². The zero-order valence-electron chi connectivity index (χ0n) is 20.6. The van der Waals surface area contributed by atoms with Gasteiger partial charge in [-0.2, -0.15) is 0 Å². The lowest BCUT2D eigenvalue weighted by Crippen LogP contribution is -2.25. The van der Waals surface area contributed by atoms with Crippen LogP contribution in [-0.2, 0) is 0 Å². The molecular formula is C28H26Cl2N4O2S. The van der Waals surface area contributed by atoms with Crippen LogP contribution in [-0.4, -0.2) is 28.0 Å². The van der Waals surface area contributed by atoms with Crippen molar-refractivity contribution in [3.8, 4) is 0 Å². The molecule has 37 heavy (non-hydrogen) atoms. The Morgan fingerprint density at radius 2 is 1.62 bits per heavy atom. The number of fused-ring (bicyclic) bond motifs is 3. The van der Waals surface area contributed by atoms with Crippen LogP contribution in [0.1, 0.15) is 50.1 Å². The average Bonchev–Trinajstić information content (AvgIpc) is 3.28. The zero-order chi connectivity index (χ0) is 25.9. The van der Waals surface area contributed by atoms with E-state index >= 15 is 0 Å². The lowest BCUT2D eigenvalue weighted by molar-refractivity contribution is 0.559. The number of hydrogen-bond donors (Lipinski definition) is 0. The van der Waals surface area contributed by atoms with E-state index in [0.717, 1.165) is 49.8 Å². The Balaban J connectivity index is 1.43. The molecule has 9 heteroatoms. The summed E-state index contributed by atoms with van der Waals surface area (Å²) in [5.41, 5.74) is 3.54. The molecule has 0 bridgehead atoms. The van der Waals surface area contributed by atoms with Crippen LogP contribution in [0.15, 0.2) is 45.6 Å². The summed E-state index contributed by atoms with van der Waals surface area (Å²) in [5.74, 6) is 0. The zero-order valence-corrected chi connectivity index (χ0v) is 23.0. The molecule has 2 aromatic carbocycles. The van der Waals surface area contributed by atoms with Gasteiger partial charge in [-0.1, -0.05) is 61.2 Å². The van der Waals surface area contributed by atoms with Crippen molar-refractivity contribution in [1.82, 2.24) is 15.0 Å². The van der Waals surface area contributed by atoms with Crippen LogP contribution < -0.4 is 10.5 Å². The molecule has 0 aliphatic rings. The first-order valence-corrected chi connectivity index (χ1v) is 14.0. The highest BCUT2D eigenvalue weighted by Gasteiger charge is 2.11. The molecule has 3 heterocycles. The Morgan fingerprint density at radius 1 is 0.919 bits per heavy atom. The van der Waals surface area contributed by atoms with Gasteiger partial charge in [-0.25, -0.2) is 19.7 Å². The summed E-state index contributed by atoms with van der Waals surface area (Å²) < 4.78 is 5.71. The maximum absolute atomic E-state index is 12.8. The molecule has 0 atom stereocenters. The van der Waals surface area contributed by atoms with Crippen LogP contribution in [0, 0.1) is 0 Å². The summed E-state index contributed by atoms with van der Waals surface area (Å²) in [6, 6.07) is 11.3. The van der Waals surface area contributed by atoms with E-state index < -0.39 is 0 Å². The predicted octanol–water partition coefficient (Wildman–Crippen LogP) is 8.23. The molecular weight excluding hydrogens is 527 g/mol. The van der Waals surface area contributed by atoms with Crippen LogP contribution in [0.5, 0.6) is 0 Å². The third-order valence-electron chi connectivity index (χ3n) is 6.15. The van der Waals surface area contributed by atoms with Crippen molar-refractivity contribution < 1.29 is 4.42 Å². The Kier molecular flexibility index (Phi) is 7.74. The van der Waals surface area contributed by atoms with Gasteiger partial charge in [-0.05, 0) is 55.3 Å². The fraction of sp³-hybridized carbons (Fsp3) is 0.286. The Morgan fingerprint density at radius 3 is 2.32 bits per heavy atom. The number of rotatable bonds is 9. The average molecular weight is 554 g/mol. The Bertz CT molecular complexity index is 1610. The van der Waals surface area contributed by atoms with Crippen molar-refractivity contribution in [3.63, 3.8) is 0 Å². The lowest BCUT2D eigenvalue weighted by Gasteiger charge is -2.24. The molecule has 0 amide bonds. The largest absolute Gasteiger partial charge is 0.422 e. The molecule has 5 aromatic rings. The van der Waals surface area contributed by atoms with E-state index in [1.165, 1.54) is 11.3 Å². The second-order valence-corrected chi connectivity index (χ2v) is 10.7. The molecule has 0 unspecified atom stereocenters. The van der Waals surface area contributed by atoms with Crippen molar-refractivity contribution in [2.75, 3.05) is 18.0 Å². The van der Waals surface area contributed by atoms with Crippen LogP contribution in [0.25, 0.3) is 44.6 Å². The van der Waals surface area contributed by atoms with Crippen molar-refractivity contribution in [2.24, 2.45) is 0 Å². The van der Waals surface area contributed by atoms with Crippen LogP contribution in [0.4, 0.5) is 5.69 Å². The highest BCUT2D eigenvalue weighted by Crippen LogP contribution is 2.29. The minimum Gasteiger partial charge on any atom is -0.422 e. The van der Waals surface area contributed by atoms with E-state index in [2.05, 4.69) is 39.8 Å². The smallest absolute Gasteiger partial charge is 0.343 e. The molecule has 0 spiro atoms. The van der Waals surface area contributed by atoms with Crippen molar-refractivity contribution in [1.29, 1.82) is 0 Å². The molecule has 0 aliphatic heterocycles.